The van der Waals surface area contributed by atoms with E-state index in [9.17, 15) is 10.1 Å². The van der Waals surface area contributed by atoms with Crippen LogP contribution in [0.1, 0.15) is 18.1 Å². The summed E-state index contributed by atoms with van der Waals surface area (Å²) in [6.45, 7) is 2.54. The predicted octanol–water partition coefficient (Wildman–Crippen LogP) is 7.82. The Bertz CT molecular complexity index is 1250. The van der Waals surface area contributed by atoms with Crippen LogP contribution in [0.4, 0.5) is 5.69 Å². The van der Waals surface area contributed by atoms with Gasteiger partial charge < -0.3 is 14.8 Å². The Labute approximate surface area is 217 Å². The molecule has 5 nitrogen and oxygen atoms in total. The molecule has 174 valence electrons. The topological polar surface area (TPSA) is 71.3 Å². The lowest BCUT2D eigenvalue weighted by atomic mass is 10.1. The largest absolute Gasteiger partial charge is 0.494 e. The highest BCUT2D eigenvalue weighted by atomic mass is 35.5. The molecule has 1 amide bonds. The van der Waals surface area contributed by atoms with Crippen molar-refractivity contribution in [3.05, 3.63) is 91.4 Å². The first kappa shape index (κ1) is 25.7. The van der Waals surface area contributed by atoms with Crippen LogP contribution in [-0.2, 0) is 11.4 Å². The number of nitrogens with zero attached hydrogens (tertiary/aromatic N) is 1. The summed E-state index contributed by atoms with van der Waals surface area (Å²) in [4.78, 5) is 12.6. The van der Waals surface area contributed by atoms with E-state index in [4.69, 9.17) is 55.9 Å². The lowest BCUT2D eigenvalue weighted by Crippen LogP contribution is -2.13. The maximum atomic E-state index is 12.6. The first-order valence-electron chi connectivity index (χ1n) is 10.0. The summed E-state index contributed by atoms with van der Waals surface area (Å²) in [6.07, 6.45) is 1.39. The van der Waals surface area contributed by atoms with Crippen LogP contribution < -0.4 is 14.8 Å². The van der Waals surface area contributed by atoms with Crippen molar-refractivity contribution in [2.24, 2.45) is 0 Å². The number of rotatable bonds is 8. The average molecular weight is 536 g/mol. The van der Waals surface area contributed by atoms with Crippen molar-refractivity contribution in [1.29, 1.82) is 5.26 Å². The molecule has 3 rings (SSSR count). The first-order chi connectivity index (χ1) is 16.3. The number of ether oxygens (including phenoxy) is 2. The molecule has 0 heterocycles. The van der Waals surface area contributed by atoms with E-state index in [-0.39, 0.29) is 28.0 Å². The lowest BCUT2D eigenvalue weighted by Gasteiger charge is -2.12. The number of anilines is 1. The van der Waals surface area contributed by atoms with Gasteiger partial charge in [0.05, 0.1) is 16.7 Å². The molecule has 0 aromatic heterocycles. The van der Waals surface area contributed by atoms with Gasteiger partial charge in [0.2, 0.25) is 0 Å². The van der Waals surface area contributed by atoms with Crippen molar-refractivity contribution < 1.29 is 14.3 Å². The van der Waals surface area contributed by atoms with E-state index in [0.717, 1.165) is 0 Å². The van der Waals surface area contributed by atoms with Gasteiger partial charge in [-0.2, -0.15) is 5.26 Å². The third-order valence-electron chi connectivity index (χ3n) is 4.51. The smallest absolute Gasteiger partial charge is 0.266 e. The molecule has 9 heteroatoms. The van der Waals surface area contributed by atoms with Gasteiger partial charge in [-0.05, 0) is 67.1 Å². The second kappa shape index (κ2) is 12.0. The van der Waals surface area contributed by atoms with Gasteiger partial charge in [-0.15, -0.1) is 0 Å². The Morgan fingerprint density at radius 3 is 2.24 bits per heavy atom. The molecule has 0 unspecified atom stereocenters. The molecular weight excluding hydrogens is 518 g/mol. The molecular formula is C25H18Cl4N2O3. The number of nitriles is 1. The van der Waals surface area contributed by atoms with Crippen LogP contribution in [0.3, 0.4) is 0 Å². The van der Waals surface area contributed by atoms with Crippen molar-refractivity contribution in [3.8, 4) is 17.6 Å². The number of hydrogen-bond acceptors (Lipinski definition) is 4. The van der Waals surface area contributed by atoms with Crippen molar-refractivity contribution in [2.45, 2.75) is 13.5 Å². The highest BCUT2D eigenvalue weighted by Crippen LogP contribution is 2.36. The number of halogens is 4. The number of hydrogen-bond donors (Lipinski definition) is 1. The summed E-state index contributed by atoms with van der Waals surface area (Å²) in [5.41, 5.74) is 1.57. The average Bonchev–Trinajstić information content (AvgIpc) is 2.79. The highest BCUT2D eigenvalue weighted by molar-refractivity contribution is 6.37. The minimum atomic E-state index is -0.573. The second-order valence-electron chi connectivity index (χ2n) is 6.92. The molecule has 1 N–H and O–H groups in total. The van der Waals surface area contributed by atoms with Crippen molar-refractivity contribution in [1.82, 2.24) is 0 Å². The van der Waals surface area contributed by atoms with E-state index in [1.54, 1.807) is 54.6 Å². The van der Waals surface area contributed by atoms with E-state index in [1.165, 1.54) is 6.08 Å². The first-order valence-corrected chi connectivity index (χ1v) is 11.5. The zero-order valence-electron chi connectivity index (χ0n) is 17.9. The minimum Gasteiger partial charge on any atom is -0.494 e. The quantitative estimate of drug-likeness (QED) is 0.235. The van der Waals surface area contributed by atoms with Crippen LogP contribution in [0.15, 0.2) is 60.2 Å². The number of amides is 1. The van der Waals surface area contributed by atoms with Crippen LogP contribution >= 0.6 is 46.4 Å². The number of carbonyl (C=O) groups excluding carboxylic acids is 1. The van der Waals surface area contributed by atoms with Gasteiger partial charge in [-0.25, -0.2) is 0 Å². The maximum Gasteiger partial charge on any atom is 0.266 e. The molecule has 34 heavy (non-hydrogen) atoms. The normalized spacial score (nSPS) is 11.0. The van der Waals surface area contributed by atoms with Gasteiger partial charge in [-0.3, -0.25) is 4.79 Å². The van der Waals surface area contributed by atoms with E-state index in [1.807, 2.05) is 13.0 Å². The second-order valence-corrected chi connectivity index (χ2v) is 8.58. The van der Waals surface area contributed by atoms with Gasteiger partial charge in [0.25, 0.3) is 5.91 Å². The Morgan fingerprint density at radius 1 is 0.971 bits per heavy atom. The van der Waals surface area contributed by atoms with Crippen LogP contribution in [0.25, 0.3) is 6.08 Å². The molecule has 0 radical (unpaired) electrons. The zero-order chi connectivity index (χ0) is 24.7. The monoisotopic (exact) mass is 534 g/mol. The summed E-state index contributed by atoms with van der Waals surface area (Å²) in [6, 6.07) is 16.9. The Balaban J connectivity index is 1.74. The SMILES string of the molecule is CCOc1ccc(NC(=O)/C(C#N)=C\c2cc(Cl)c(OCc3ccc(Cl)cc3Cl)c(Cl)c2)cc1. The third-order valence-corrected chi connectivity index (χ3v) is 5.66. The van der Waals surface area contributed by atoms with Crippen LogP contribution in [-0.4, -0.2) is 12.5 Å². The summed E-state index contributed by atoms with van der Waals surface area (Å²) in [5.74, 6) is 0.363. The molecule has 0 aliphatic carbocycles. The Kier molecular flexibility index (Phi) is 9.09. The molecule has 0 spiro atoms. The van der Waals surface area contributed by atoms with Crippen molar-refractivity contribution in [3.63, 3.8) is 0 Å². The summed E-state index contributed by atoms with van der Waals surface area (Å²) < 4.78 is 11.1. The van der Waals surface area contributed by atoms with Crippen molar-refractivity contribution >= 4 is 64.1 Å². The van der Waals surface area contributed by atoms with E-state index in [2.05, 4.69) is 5.32 Å². The summed E-state index contributed by atoms with van der Waals surface area (Å²) >= 11 is 24.8. The van der Waals surface area contributed by atoms with Crippen molar-refractivity contribution in [2.75, 3.05) is 11.9 Å². The predicted molar refractivity (Wildman–Crippen MR) is 137 cm³/mol. The fourth-order valence-corrected chi connectivity index (χ4v) is 3.98. The van der Waals surface area contributed by atoms with Gasteiger partial charge in [-0.1, -0.05) is 52.5 Å². The molecule has 0 atom stereocenters. The molecule has 0 saturated carbocycles. The zero-order valence-corrected chi connectivity index (χ0v) is 20.9. The number of benzene rings is 3. The highest BCUT2D eigenvalue weighted by Gasteiger charge is 2.14. The van der Waals surface area contributed by atoms with Gasteiger partial charge >= 0.3 is 0 Å². The van der Waals surface area contributed by atoms with Gasteiger partial charge in [0.1, 0.15) is 24.0 Å². The maximum absolute atomic E-state index is 12.6. The molecule has 3 aromatic carbocycles. The van der Waals surface area contributed by atoms with Gasteiger partial charge in [0.15, 0.2) is 5.75 Å². The van der Waals surface area contributed by atoms with Crippen LogP contribution in [0.5, 0.6) is 11.5 Å². The third kappa shape index (κ3) is 6.82. The summed E-state index contributed by atoms with van der Waals surface area (Å²) in [5, 5.41) is 13.6. The van der Waals surface area contributed by atoms with E-state index in [0.29, 0.717) is 39.2 Å². The standard InChI is InChI=1S/C25H18Cl4N2O3/c1-2-33-20-7-5-19(6-8-20)31-25(32)17(13-30)9-15-10-22(28)24(23(29)11-15)34-14-16-3-4-18(26)12-21(16)27/h3-12H,2,14H2,1H3,(H,31,32)/b17-9-. The number of carbonyl (C=O) groups is 1. The molecule has 0 aliphatic rings. The van der Waals surface area contributed by atoms with E-state index < -0.39 is 5.91 Å². The fraction of sp³-hybridized carbons (Fsp3) is 0.120. The Hall–Kier alpha value is -2.88. The number of nitrogens with one attached hydrogen (secondary N) is 1. The molecule has 0 aliphatic heterocycles. The van der Waals surface area contributed by atoms with Crippen LogP contribution in [0, 0.1) is 11.3 Å². The molecule has 0 saturated heterocycles. The lowest BCUT2D eigenvalue weighted by molar-refractivity contribution is -0.112. The fourth-order valence-electron chi connectivity index (χ4n) is 2.90. The minimum absolute atomic E-state index is 0.123. The van der Waals surface area contributed by atoms with Gasteiger partial charge in [0, 0.05) is 21.3 Å². The molecule has 0 bridgehead atoms. The van der Waals surface area contributed by atoms with Crippen LogP contribution in [0.2, 0.25) is 20.1 Å². The molecule has 3 aromatic rings. The van der Waals surface area contributed by atoms with E-state index >= 15 is 0 Å². The summed E-state index contributed by atoms with van der Waals surface area (Å²) in [7, 11) is 0. The Morgan fingerprint density at radius 2 is 1.65 bits per heavy atom. The molecule has 0 fully saturated rings.